The van der Waals surface area contributed by atoms with Crippen LogP contribution in [0, 0.1) is 23.5 Å². The summed E-state index contributed by atoms with van der Waals surface area (Å²) in [5.74, 6) is -1.73. The first-order valence-corrected chi connectivity index (χ1v) is 13.8. The second kappa shape index (κ2) is 11.3. The molecule has 2 aliphatic rings. The van der Waals surface area contributed by atoms with Crippen molar-refractivity contribution in [3.8, 4) is 5.75 Å². The molecule has 3 rings (SSSR count). The molecule has 1 radical (unpaired) electrons. The maximum Gasteiger partial charge on any atom is 0.341 e. The molecule has 0 aromatic heterocycles. The first kappa shape index (κ1) is 23.2. The number of ether oxygens (including phenoxy) is 2. The summed E-state index contributed by atoms with van der Waals surface area (Å²) in [7, 11) is -0.0963. The Morgan fingerprint density at radius 2 is 1.67 bits per heavy atom. The van der Waals surface area contributed by atoms with Gasteiger partial charge in [0, 0.05) is 8.80 Å². The summed E-state index contributed by atoms with van der Waals surface area (Å²) < 4.78 is 38.8. The van der Waals surface area contributed by atoms with E-state index in [0.717, 1.165) is 37.5 Å². The van der Waals surface area contributed by atoms with Crippen molar-refractivity contribution < 1.29 is 23.0 Å². The highest BCUT2D eigenvalue weighted by molar-refractivity contribution is 6.58. The quantitative estimate of drug-likeness (QED) is 0.332. The van der Waals surface area contributed by atoms with Crippen LogP contribution in [0.3, 0.4) is 0 Å². The molecule has 1 aliphatic heterocycles. The van der Waals surface area contributed by atoms with Crippen molar-refractivity contribution >= 4 is 14.8 Å². The molecule has 0 bridgehead atoms. The molecule has 2 fully saturated rings. The first-order valence-electron chi connectivity index (χ1n) is 11.7. The Balaban J connectivity index is 1.46. The van der Waals surface area contributed by atoms with Crippen molar-refractivity contribution in [3.63, 3.8) is 0 Å². The van der Waals surface area contributed by atoms with Crippen molar-refractivity contribution in [3.05, 3.63) is 29.3 Å². The Labute approximate surface area is 181 Å². The molecule has 1 saturated heterocycles. The molecular formula is C24H35F2O3Si. The van der Waals surface area contributed by atoms with Crippen LogP contribution in [-0.4, -0.2) is 27.5 Å². The molecule has 0 N–H and O–H groups in total. The zero-order valence-corrected chi connectivity index (χ0v) is 19.4. The number of carbonyl (C=O) groups is 1. The van der Waals surface area contributed by atoms with Gasteiger partial charge >= 0.3 is 5.97 Å². The fourth-order valence-electron chi connectivity index (χ4n) is 5.05. The van der Waals surface area contributed by atoms with Gasteiger partial charge in [-0.25, -0.2) is 9.18 Å². The number of halogens is 2. The summed E-state index contributed by atoms with van der Waals surface area (Å²) in [6.07, 6.45) is 9.05. The molecule has 1 aliphatic carbocycles. The highest BCUT2D eigenvalue weighted by atomic mass is 28.3. The van der Waals surface area contributed by atoms with Crippen molar-refractivity contribution in [2.45, 2.75) is 89.5 Å². The smallest absolute Gasteiger partial charge is 0.341 e. The number of hydrogen-bond donors (Lipinski definition) is 0. The average Bonchev–Trinajstić information content (AvgIpc) is 2.76. The molecule has 1 saturated carbocycles. The average molecular weight is 438 g/mol. The van der Waals surface area contributed by atoms with E-state index in [4.69, 9.17) is 9.47 Å². The van der Waals surface area contributed by atoms with Gasteiger partial charge in [-0.2, -0.15) is 4.39 Å². The Kier molecular flexibility index (Phi) is 8.72. The lowest BCUT2D eigenvalue weighted by Gasteiger charge is -2.37. The van der Waals surface area contributed by atoms with Crippen molar-refractivity contribution in [2.24, 2.45) is 11.8 Å². The minimum atomic E-state index is -1.19. The maximum absolute atomic E-state index is 14.3. The van der Waals surface area contributed by atoms with Gasteiger partial charge in [0.05, 0.1) is 12.2 Å². The molecule has 6 heteroatoms. The van der Waals surface area contributed by atoms with Crippen LogP contribution in [-0.2, 0) is 4.74 Å². The van der Waals surface area contributed by atoms with Crippen LogP contribution < -0.4 is 4.74 Å². The van der Waals surface area contributed by atoms with Gasteiger partial charge in [-0.15, -0.1) is 0 Å². The molecule has 167 valence electrons. The lowest BCUT2D eigenvalue weighted by Crippen LogP contribution is -2.31. The fraction of sp³-hybridized carbons (Fsp3) is 0.708. The normalized spacial score (nSPS) is 23.3. The van der Waals surface area contributed by atoms with Crippen LogP contribution in [0.4, 0.5) is 8.78 Å². The van der Waals surface area contributed by atoms with E-state index in [0.29, 0.717) is 0 Å². The number of benzene rings is 1. The molecule has 0 atom stereocenters. The van der Waals surface area contributed by atoms with Crippen LogP contribution >= 0.6 is 0 Å². The second-order valence-electron chi connectivity index (χ2n) is 8.81. The maximum atomic E-state index is 14.3. The lowest BCUT2D eigenvalue weighted by atomic mass is 9.76. The summed E-state index contributed by atoms with van der Waals surface area (Å²) in [5, 5.41) is 0. The summed E-state index contributed by atoms with van der Waals surface area (Å²) in [5.41, 5.74) is -0.355. The molecular weight excluding hydrogens is 402 g/mol. The summed E-state index contributed by atoms with van der Waals surface area (Å²) >= 11 is 0. The van der Waals surface area contributed by atoms with Gasteiger partial charge in [-0.3, -0.25) is 0 Å². The minimum Gasteiger partial charge on any atom is -0.491 e. The monoisotopic (exact) mass is 437 g/mol. The van der Waals surface area contributed by atoms with Crippen LogP contribution in [0.1, 0.15) is 75.6 Å². The third-order valence-corrected chi connectivity index (χ3v) is 9.90. The minimum absolute atomic E-state index is 0.0963. The van der Waals surface area contributed by atoms with Crippen molar-refractivity contribution in [1.29, 1.82) is 0 Å². The molecule has 1 aromatic rings. The second-order valence-corrected chi connectivity index (χ2v) is 11.8. The molecule has 0 unspecified atom stereocenters. The third kappa shape index (κ3) is 5.83. The van der Waals surface area contributed by atoms with Gasteiger partial charge in [-0.05, 0) is 56.6 Å². The van der Waals surface area contributed by atoms with Gasteiger partial charge in [0.25, 0.3) is 0 Å². The molecule has 30 heavy (non-hydrogen) atoms. The number of carbonyl (C=O) groups excluding carboxylic acids is 1. The largest absolute Gasteiger partial charge is 0.491 e. The Hall–Kier alpha value is -1.43. The van der Waals surface area contributed by atoms with Gasteiger partial charge in [-0.1, -0.05) is 50.7 Å². The number of rotatable bonds is 8. The summed E-state index contributed by atoms with van der Waals surface area (Å²) in [6.45, 7) is 4.20. The van der Waals surface area contributed by atoms with E-state index in [1.54, 1.807) is 6.92 Å². The first-order chi connectivity index (χ1) is 14.5. The molecule has 1 aromatic carbocycles. The van der Waals surface area contributed by atoms with E-state index in [2.05, 4.69) is 6.92 Å². The van der Waals surface area contributed by atoms with E-state index in [1.807, 2.05) is 0 Å². The third-order valence-electron chi connectivity index (χ3n) is 6.85. The standard InChI is InChI=1S/C24H35F2O3Si/c1-3-5-14-30-15-12-18(13-16-30)17-6-8-19(9-7-17)29-24(27)20-10-11-21(28-4-2)23(26)22(20)25/h10-11,17-19H,3-9,12-16H2,1-2H3. The van der Waals surface area contributed by atoms with Crippen LogP contribution in [0.5, 0.6) is 5.75 Å². The van der Waals surface area contributed by atoms with Crippen molar-refractivity contribution in [1.82, 2.24) is 0 Å². The fourth-order valence-corrected chi connectivity index (χ4v) is 8.21. The van der Waals surface area contributed by atoms with Gasteiger partial charge in [0.15, 0.2) is 11.6 Å². The number of hydrogen-bond acceptors (Lipinski definition) is 3. The Bertz CT molecular complexity index is 696. The summed E-state index contributed by atoms with van der Waals surface area (Å²) in [6, 6.07) is 6.95. The Morgan fingerprint density at radius 3 is 2.30 bits per heavy atom. The van der Waals surface area contributed by atoms with Gasteiger partial charge < -0.3 is 9.47 Å². The predicted molar refractivity (Wildman–Crippen MR) is 116 cm³/mol. The molecule has 3 nitrogen and oxygen atoms in total. The summed E-state index contributed by atoms with van der Waals surface area (Å²) in [4.78, 5) is 12.4. The Morgan fingerprint density at radius 1 is 1.00 bits per heavy atom. The van der Waals surface area contributed by atoms with Gasteiger partial charge in [0.1, 0.15) is 6.10 Å². The SMILES string of the molecule is CCCC[Si]1CCC(C2CCC(OC(=O)c3ccc(OCC)c(F)c3F)CC2)CC1. The highest BCUT2D eigenvalue weighted by Crippen LogP contribution is 2.40. The van der Waals surface area contributed by atoms with E-state index in [1.165, 1.54) is 55.9 Å². The van der Waals surface area contributed by atoms with Crippen LogP contribution in [0.2, 0.25) is 18.1 Å². The zero-order valence-electron chi connectivity index (χ0n) is 18.4. The molecule has 0 amide bonds. The van der Waals surface area contributed by atoms with Crippen LogP contribution in [0.15, 0.2) is 12.1 Å². The van der Waals surface area contributed by atoms with E-state index in [9.17, 15) is 13.6 Å². The zero-order chi connectivity index (χ0) is 21.5. The molecule has 1 heterocycles. The van der Waals surface area contributed by atoms with E-state index in [-0.39, 0.29) is 32.8 Å². The van der Waals surface area contributed by atoms with Crippen LogP contribution in [0.25, 0.3) is 0 Å². The van der Waals surface area contributed by atoms with Crippen molar-refractivity contribution in [2.75, 3.05) is 6.61 Å². The predicted octanol–water partition coefficient (Wildman–Crippen LogP) is 6.78. The molecule has 0 spiro atoms. The topological polar surface area (TPSA) is 35.5 Å². The number of unbranched alkanes of at least 4 members (excludes halogenated alkanes) is 1. The van der Waals surface area contributed by atoms with Gasteiger partial charge in [0.2, 0.25) is 5.82 Å². The lowest BCUT2D eigenvalue weighted by molar-refractivity contribution is 0.0121. The highest BCUT2D eigenvalue weighted by Gasteiger charge is 2.33. The van der Waals surface area contributed by atoms with E-state index < -0.39 is 17.6 Å². The number of esters is 1. The van der Waals surface area contributed by atoms with E-state index >= 15 is 0 Å².